The van der Waals surface area contributed by atoms with Crippen LogP contribution in [0.15, 0.2) is 53.1 Å². The number of carbonyl (C=O) groups excluding carboxylic acids is 3. The Kier molecular flexibility index (Phi) is 4.57. The van der Waals surface area contributed by atoms with Crippen molar-refractivity contribution in [3.8, 4) is 0 Å². The highest BCUT2D eigenvalue weighted by atomic mass is 32.1. The highest BCUT2D eigenvalue weighted by Gasteiger charge is 2.14. The quantitative estimate of drug-likeness (QED) is 0.558. The molecule has 24 heavy (non-hydrogen) atoms. The van der Waals surface area contributed by atoms with E-state index in [-0.39, 0.29) is 5.76 Å². The lowest BCUT2D eigenvalue weighted by atomic mass is 10.2. The van der Waals surface area contributed by atoms with E-state index in [9.17, 15) is 14.4 Å². The van der Waals surface area contributed by atoms with Crippen molar-refractivity contribution in [1.29, 1.82) is 0 Å². The van der Waals surface area contributed by atoms with Crippen molar-refractivity contribution < 1.29 is 23.5 Å². The average Bonchev–Trinajstić information content (AvgIpc) is 3.26. The van der Waals surface area contributed by atoms with Gasteiger partial charge < -0.3 is 9.15 Å². The largest absolute Gasteiger partial charge is 0.459 e. The summed E-state index contributed by atoms with van der Waals surface area (Å²) in [4.78, 5) is 35.5. The lowest BCUT2D eigenvalue weighted by Crippen LogP contribution is -2.43. The van der Waals surface area contributed by atoms with E-state index in [4.69, 9.17) is 9.15 Å². The Morgan fingerprint density at radius 1 is 1.08 bits per heavy atom. The summed E-state index contributed by atoms with van der Waals surface area (Å²) in [5, 5.41) is 0.935. The summed E-state index contributed by atoms with van der Waals surface area (Å²) in [6.07, 6.45) is 1.34. The third kappa shape index (κ3) is 3.61. The molecule has 0 spiro atoms. The molecule has 0 aliphatic rings. The molecule has 0 aliphatic carbocycles. The van der Waals surface area contributed by atoms with Crippen LogP contribution < -0.4 is 10.9 Å². The van der Waals surface area contributed by atoms with Crippen molar-refractivity contribution in [3.05, 3.63) is 59.4 Å². The molecule has 0 radical (unpaired) electrons. The maximum Gasteiger partial charge on any atom is 0.348 e. The highest BCUT2D eigenvalue weighted by Crippen LogP contribution is 2.25. The molecule has 1 aromatic carbocycles. The lowest BCUT2D eigenvalue weighted by molar-refractivity contribution is -0.125. The summed E-state index contributed by atoms with van der Waals surface area (Å²) in [5.41, 5.74) is 4.28. The van der Waals surface area contributed by atoms with Gasteiger partial charge in [0.15, 0.2) is 12.4 Å². The minimum absolute atomic E-state index is 0.0533. The number of nitrogens with one attached hydrogen (secondary N) is 2. The van der Waals surface area contributed by atoms with Crippen LogP contribution in [0.25, 0.3) is 10.1 Å². The summed E-state index contributed by atoms with van der Waals surface area (Å²) in [5.74, 6) is -1.81. The zero-order chi connectivity index (χ0) is 16.9. The van der Waals surface area contributed by atoms with Crippen LogP contribution in [0.5, 0.6) is 0 Å². The van der Waals surface area contributed by atoms with E-state index in [1.54, 1.807) is 12.1 Å². The fourth-order valence-electron chi connectivity index (χ4n) is 1.92. The maximum absolute atomic E-state index is 11.9. The summed E-state index contributed by atoms with van der Waals surface area (Å²) >= 11 is 1.29. The van der Waals surface area contributed by atoms with Crippen LogP contribution >= 0.6 is 11.3 Å². The van der Waals surface area contributed by atoms with Crippen LogP contribution in [0, 0.1) is 0 Å². The van der Waals surface area contributed by atoms with Crippen LogP contribution in [-0.4, -0.2) is 24.4 Å². The van der Waals surface area contributed by atoms with Crippen molar-refractivity contribution in [2.75, 3.05) is 6.61 Å². The first kappa shape index (κ1) is 15.8. The number of esters is 1. The third-order valence-electron chi connectivity index (χ3n) is 3.02. The molecule has 0 aliphatic heterocycles. The second kappa shape index (κ2) is 6.97. The van der Waals surface area contributed by atoms with E-state index in [0.717, 1.165) is 10.1 Å². The molecule has 0 atom stereocenters. The summed E-state index contributed by atoms with van der Waals surface area (Å²) < 4.78 is 10.8. The minimum atomic E-state index is -0.663. The van der Waals surface area contributed by atoms with E-state index in [2.05, 4.69) is 10.9 Å². The molecule has 8 heteroatoms. The van der Waals surface area contributed by atoms with Gasteiger partial charge in [-0.25, -0.2) is 4.79 Å². The fourth-order valence-corrected chi connectivity index (χ4v) is 2.87. The number of ether oxygens (including phenoxy) is 1. The van der Waals surface area contributed by atoms with Crippen molar-refractivity contribution in [1.82, 2.24) is 10.9 Å². The number of amides is 2. The van der Waals surface area contributed by atoms with Crippen LogP contribution in [0.1, 0.15) is 20.2 Å². The van der Waals surface area contributed by atoms with Gasteiger partial charge in [-0.15, -0.1) is 11.3 Å². The smallest absolute Gasteiger partial charge is 0.348 e. The zero-order valence-corrected chi connectivity index (χ0v) is 13.1. The topological polar surface area (TPSA) is 97.6 Å². The summed E-state index contributed by atoms with van der Waals surface area (Å²) in [6, 6.07) is 12.2. The molecule has 122 valence electrons. The Balaban J connectivity index is 1.48. The highest BCUT2D eigenvalue weighted by molar-refractivity contribution is 7.20. The second-order valence-corrected chi connectivity index (χ2v) is 5.79. The molecule has 2 heterocycles. The van der Waals surface area contributed by atoms with E-state index in [1.807, 2.05) is 24.3 Å². The average molecular weight is 344 g/mol. The number of furan rings is 1. The van der Waals surface area contributed by atoms with Gasteiger partial charge in [0.25, 0.3) is 5.91 Å². The Morgan fingerprint density at radius 3 is 2.67 bits per heavy atom. The number of hydrogen-bond donors (Lipinski definition) is 2. The standard InChI is InChI=1S/C16H12N2O5S/c19-14(17-18-15(20)11-5-3-7-22-11)9-23-16(21)13-8-10-4-1-2-6-12(10)24-13/h1-8H,9H2,(H,17,19)(H,18,20). The summed E-state index contributed by atoms with van der Waals surface area (Å²) in [6.45, 7) is -0.508. The van der Waals surface area contributed by atoms with E-state index < -0.39 is 24.4 Å². The maximum atomic E-state index is 11.9. The number of thiophene rings is 1. The van der Waals surface area contributed by atoms with Crippen molar-refractivity contribution in [3.63, 3.8) is 0 Å². The monoisotopic (exact) mass is 344 g/mol. The molecule has 2 N–H and O–H groups in total. The van der Waals surface area contributed by atoms with Gasteiger partial charge in [0.2, 0.25) is 0 Å². The van der Waals surface area contributed by atoms with Gasteiger partial charge in [-0.1, -0.05) is 18.2 Å². The Labute approximate surface area is 140 Å². The molecule has 0 saturated heterocycles. The van der Waals surface area contributed by atoms with Crippen molar-refractivity contribution >= 4 is 39.2 Å². The van der Waals surface area contributed by atoms with Gasteiger partial charge in [0.1, 0.15) is 4.88 Å². The molecule has 3 aromatic rings. The number of hydrogen-bond acceptors (Lipinski definition) is 6. The molecular weight excluding hydrogens is 332 g/mol. The van der Waals surface area contributed by atoms with E-state index >= 15 is 0 Å². The van der Waals surface area contributed by atoms with Crippen LogP contribution in [0.3, 0.4) is 0 Å². The van der Waals surface area contributed by atoms with Crippen LogP contribution in [0.2, 0.25) is 0 Å². The van der Waals surface area contributed by atoms with Crippen LogP contribution in [0.4, 0.5) is 0 Å². The first-order valence-corrected chi connectivity index (χ1v) is 7.73. The van der Waals surface area contributed by atoms with Crippen molar-refractivity contribution in [2.24, 2.45) is 0 Å². The third-order valence-corrected chi connectivity index (χ3v) is 4.12. The molecule has 0 unspecified atom stereocenters. The second-order valence-electron chi connectivity index (χ2n) is 4.70. The predicted molar refractivity (Wildman–Crippen MR) is 86.4 cm³/mol. The Bertz CT molecular complexity index is 852. The molecule has 7 nitrogen and oxygen atoms in total. The molecule has 0 saturated carbocycles. The summed E-state index contributed by atoms with van der Waals surface area (Å²) in [7, 11) is 0. The van der Waals surface area contributed by atoms with E-state index in [1.165, 1.54) is 23.7 Å². The normalized spacial score (nSPS) is 10.3. The molecule has 3 rings (SSSR count). The van der Waals surface area contributed by atoms with Gasteiger partial charge in [-0.05, 0) is 29.7 Å². The van der Waals surface area contributed by atoms with E-state index in [0.29, 0.717) is 4.88 Å². The van der Waals surface area contributed by atoms with Gasteiger partial charge >= 0.3 is 11.9 Å². The Morgan fingerprint density at radius 2 is 1.92 bits per heavy atom. The minimum Gasteiger partial charge on any atom is -0.459 e. The predicted octanol–water partition coefficient (Wildman–Crippen LogP) is 2.11. The Hall–Kier alpha value is -3.13. The lowest BCUT2D eigenvalue weighted by Gasteiger charge is -2.06. The van der Waals surface area contributed by atoms with Crippen molar-refractivity contribution in [2.45, 2.75) is 0 Å². The van der Waals surface area contributed by atoms with Gasteiger partial charge in [-0.2, -0.15) is 0 Å². The molecule has 0 fully saturated rings. The number of rotatable bonds is 4. The first-order chi connectivity index (χ1) is 11.6. The number of carbonyl (C=O) groups is 3. The zero-order valence-electron chi connectivity index (χ0n) is 12.3. The van der Waals surface area contributed by atoms with Crippen LogP contribution in [-0.2, 0) is 9.53 Å². The molecule has 2 aromatic heterocycles. The molecular formula is C16H12N2O5S. The molecule has 0 bridgehead atoms. The number of benzene rings is 1. The SMILES string of the molecule is O=C(COC(=O)c1cc2ccccc2s1)NNC(=O)c1ccco1. The first-order valence-electron chi connectivity index (χ1n) is 6.92. The number of hydrazine groups is 1. The van der Waals surface area contributed by atoms with Gasteiger partial charge in [0, 0.05) is 4.70 Å². The van der Waals surface area contributed by atoms with Gasteiger partial charge in [-0.3, -0.25) is 20.4 Å². The van der Waals surface area contributed by atoms with Gasteiger partial charge in [0.05, 0.1) is 6.26 Å². The fraction of sp³-hybridized carbons (Fsp3) is 0.0625. The number of fused-ring (bicyclic) bond motifs is 1. The molecule has 2 amide bonds.